The van der Waals surface area contributed by atoms with Crippen LogP contribution in [0, 0.1) is 0 Å². The molecule has 2 amide bonds. The number of anilines is 1. The molecule has 1 atom stereocenters. The van der Waals surface area contributed by atoms with Gasteiger partial charge in [0.2, 0.25) is 11.7 Å². The van der Waals surface area contributed by atoms with Crippen LogP contribution in [0.4, 0.5) is 5.69 Å². The van der Waals surface area contributed by atoms with E-state index in [9.17, 15) is 9.59 Å². The van der Waals surface area contributed by atoms with Gasteiger partial charge in [0.05, 0.1) is 21.3 Å². The summed E-state index contributed by atoms with van der Waals surface area (Å²) in [7, 11) is 4.55. The molecule has 2 aromatic carbocycles. The van der Waals surface area contributed by atoms with Gasteiger partial charge in [-0.1, -0.05) is 31.5 Å². The van der Waals surface area contributed by atoms with E-state index in [1.807, 2.05) is 25.1 Å². The Morgan fingerprint density at radius 1 is 1.10 bits per heavy atom. The largest absolute Gasteiger partial charge is 0.493 e. The Morgan fingerprint density at radius 2 is 1.76 bits per heavy atom. The zero-order valence-corrected chi connectivity index (χ0v) is 17.2. The van der Waals surface area contributed by atoms with E-state index in [1.54, 1.807) is 23.1 Å². The SMILES string of the molecule is CCC[C@@H](C(=O)Nc1cc(OC)c(OC)c(OC)c1)N1Cc2ccccc2C1=O. The lowest BCUT2D eigenvalue weighted by molar-refractivity contribution is -0.120. The van der Waals surface area contributed by atoms with Crippen LogP contribution in [0.2, 0.25) is 0 Å². The van der Waals surface area contributed by atoms with Crippen LogP contribution >= 0.6 is 0 Å². The van der Waals surface area contributed by atoms with E-state index in [0.717, 1.165) is 12.0 Å². The highest BCUT2D eigenvalue weighted by atomic mass is 16.5. The van der Waals surface area contributed by atoms with Gasteiger partial charge in [-0.3, -0.25) is 9.59 Å². The zero-order chi connectivity index (χ0) is 21.0. The molecule has 0 fully saturated rings. The molecular formula is C22H26N2O5. The number of amides is 2. The summed E-state index contributed by atoms with van der Waals surface area (Å²) in [5.41, 5.74) is 2.11. The smallest absolute Gasteiger partial charge is 0.255 e. The summed E-state index contributed by atoms with van der Waals surface area (Å²) in [5, 5.41) is 2.90. The predicted octanol–water partition coefficient (Wildman–Crippen LogP) is 3.48. The molecule has 1 aliphatic heterocycles. The standard InChI is InChI=1S/C22H26N2O5/c1-5-8-17(24-13-14-9-6-7-10-16(14)22(24)26)21(25)23-15-11-18(27-2)20(29-4)19(12-15)28-3/h6-7,9-12,17H,5,8,13H2,1-4H3,(H,23,25)/t17-/m0/s1. The second kappa shape index (κ2) is 8.86. The molecule has 1 N–H and O–H groups in total. The van der Waals surface area contributed by atoms with Crippen molar-refractivity contribution in [3.05, 3.63) is 47.5 Å². The summed E-state index contributed by atoms with van der Waals surface area (Å²) in [6.07, 6.45) is 1.34. The van der Waals surface area contributed by atoms with Crippen LogP contribution in [-0.2, 0) is 11.3 Å². The minimum atomic E-state index is -0.570. The fourth-order valence-corrected chi connectivity index (χ4v) is 3.61. The minimum Gasteiger partial charge on any atom is -0.493 e. The molecule has 1 heterocycles. The van der Waals surface area contributed by atoms with Crippen molar-refractivity contribution in [2.24, 2.45) is 0 Å². The summed E-state index contributed by atoms with van der Waals surface area (Å²) < 4.78 is 16.0. The van der Waals surface area contributed by atoms with Crippen molar-refractivity contribution in [1.29, 1.82) is 0 Å². The fraction of sp³-hybridized carbons (Fsp3) is 0.364. The van der Waals surface area contributed by atoms with Gasteiger partial charge < -0.3 is 24.4 Å². The maximum atomic E-state index is 13.1. The second-order valence-electron chi connectivity index (χ2n) is 6.80. The molecule has 0 saturated carbocycles. The van der Waals surface area contributed by atoms with Crippen molar-refractivity contribution in [3.63, 3.8) is 0 Å². The van der Waals surface area contributed by atoms with Crippen molar-refractivity contribution < 1.29 is 23.8 Å². The number of nitrogens with zero attached hydrogens (tertiary/aromatic N) is 1. The number of fused-ring (bicyclic) bond motifs is 1. The van der Waals surface area contributed by atoms with Gasteiger partial charge in [0.15, 0.2) is 11.5 Å². The van der Waals surface area contributed by atoms with Gasteiger partial charge in [0.25, 0.3) is 5.91 Å². The maximum absolute atomic E-state index is 13.1. The number of hydrogen-bond donors (Lipinski definition) is 1. The quantitative estimate of drug-likeness (QED) is 0.737. The monoisotopic (exact) mass is 398 g/mol. The van der Waals surface area contributed by atoms with Gasteiger partial charge in [-0.2, -0.15) is 0 Å². The number of methoxy groups -OCH3 is 3. The lowest BCUT2D eigenvalue weighted by Gasteiger charge is -2.27. The third-order valence-electron chi connectivity index (χ3n) is 5.02. The molecule has 1 aliphatic rings. The lowest BCUT2D eigenvalue weighted by Crippen LogP contribution is -2.44. The first-order valence-electron chi connectivity index (χ1n) is 9.53. The molecule has 0 spiro atoms. The van der Waals surface area contributed by atoms with E-state index in [0.29, 0.717) is 41.5 Å². The van der Waals surface area contributed by atoms with E-state index in [1.165, 1.54) is 21.3 Å². The molecular weight excluding hydrogens is 372 g/mol. The van der Waals surface area contributed by atoms with Gasteiger partial charge in [-0.25, -0.2) is 0 Å². The second-order valence-corrected chi connectivity index (χ2v) is 6.80. The highest BCUT2D eigenvalue weighted by Gasteiger charge is 2.35. The summed E-state index contributed by atoms with van der Waals surface area (Å²) in [6.45, 7) is 2.43. The van der Waals surface area contributed by atoms with Crippen molar-refractivity contribution in [3.8, 4) is 17.2 Å². The molecule has 0 aliphatic carbocycles. The normalized spacial score (nSPS) is 13.7. The number of hydrogen-bond acceptors (Lipinski definition) is 5. The van der Waals surface area contributed by atoms with Crippen LogP contribution in [-0.4, -0.2) is 44.1 Å². The van der Waals surface area contributed by atoms with Crippen LogP contribution in [0.15, 0.2) is 36.4 Å². The third kappa shape index (κ3) is 3.99. The van der Waals surface area contributed by atoms with Crippen LogP contribution < -0.4 is 19.5 Å². The molecule has 0 bridgehead atoms. The number of rotatable bonds is 8. The highest BCUT2D eigenvalue weighted by Crippen LogP contribution is 2.40. The molecule has 0 aromatic heterocycles. The molecule has 2 aromatic rings. The van der Waals surface area contributed by atoms with Crippen LogP contribution in [0.5, 0.6) is 17.2 Å². The van der Waals surface area contributed by atoms with Gasteiger partial charge >= 0.3 is 0 Å². The fourth-order valence-electron chi connectivity index (χ4n) is 3.61. The summed E-state index contributed by atoms with van der Waals surface area (Å²) >= 11 is 0. The van der Waals surface area contributed by atoms with Crippen molar-refractivity contribution >= 4 is 17.5 Å². The first-order valence-corrected chi connectivity index (χ1v) is 9.53. The van der Waals surface area contributed by atoms with Gasteiger partial charge in [-0.05, 0) is 18.1 Å². The average molecular weight is 398 g/mol. The summed E-state index contributed by atoms with van der Waals surface area (Å²) in [4.78, 5) is 27.6. The van der Waals surface area contributed by atoms with E-state index in [2.05, 4.69) is 5.32 Å². The van der Waals surface area contributed by atoms with Gasteiger partial charge in [0.1, 0.15) is 6.04 Å². The van der Waals surface area contributed by atoms with Crippen LogP contribution in [0.3, 0.4) is 0 Å². The predicted molar refractivity (Wildman–Crippen MR) is 110 cm³/mol. The van der Waals surface area contributed by atoms with Crippen LogP contribution in [0.1, 0.15) is 35.7 Å². The summed E-state index contributed by atoms with van der Waals surface area (Å²) in [5.74, 6) is 0.974. The van der Waals surface area contributed by atoms with Gasteiger partial charge in [-0.15, -0.1) is 0 Å². The highest BCUT2D eigenvalue weighted by molar-refractivity contribution is 6.03. The number of nitrogens with one attached hydrogen (secondary N) is 1. The van der Waals surface area contributed by atoms with Gasteiger partial charge in [0, 0.05) is 29.9 Å². The lowest BCUT2D eigenvalue weighted by atomic mass is 10.1. The van der Waals surface area contributed by atoms with E-state index in [4.69, 9.17) is 14.2 Å². The number of carbonyl (C=O) groups excluding carboxylic acids is 2. The maximum Gasteiger partial charge on any atom is 0.255 e. The number of carbonyl (C=O) groups is 2. The Kier molecular flexibility index (Phi) is 6.26. The molecule has 154 valence electrons. The molecule has 3 rings (SSSR count). The zero-order valence-electron chi connectivity index (χ0n) is 17.2. The topological polar surface area (TPSA) is 77.1 Å². The molecule has 0 radical (unpaired) electrons. The van der Waals surface area contributed by atoms with E-state index >= 15 is 0 Å². The van der Waals surface area contributed by atoms with Crippen molar-refractivity contribution in [2.45, 2.75) is 32.4 Å². The van der Waals surface area contributed by atoms with Crippen molar-refractivity contribution in [1.82, 2.24) is 4.90 Å². The number of ether oxygens (including phenoxy) is 3. The first-order chi connectivity index (χ1) is 14.0. The number of benzene rings is 2. The first kappa shape index (κ1) is 20.5. The Hall–Kier alpha value is -3.22. The Bertz CT molecular complexity index is 887. The third-order valence-corrected chi connectivity index (χ3v) is 5.02. The summed E-state index contributed by atoms with van der Waals surface area (Å²) in [6, 6.07) is 10.2. The van der Waals surface area contributed by atoms with Crippen LogP contribution in [0.25, 0.3) is 0 Å². The average Bonchev–Trinajstić information content (AvgIpc) is 3.07. The molecule has 7 heteroatoms. The van der Waals surface area contributed by atoms with E-state index in [-0.39, 0.29) is 11.8 Å². The minimum absolute atomic E-state index is 0.112. The molecule has 29 heavy (non-hydrogen) atoms. The molecule has 7 nitrogen and oxygen atoms in total. The molecule has 0 saturated heterocycles. The Labute approximate surface area is 170 Å². The molecule has 0 unspecified atom stereocenters. The Morgan fingerprint density at radius 3 is 2.31 bits per heavy atom. The Balaban J connectivity index is 1.85. The van der Waals surface area contributed by atoms with Crippen molar-refractivity contribution in [2.75, 3.05) is 26.6 Å². The van der Waals surface area contributed by atoms with E-state index < -0.39 is 6.04 Å².